The van der Waals surface area contributed by atoms with Crippen LogP contribution in [-0.4, -0.2) is 21.0 Å². The number of carbonyl (C=O) groups excluding carboxylic acids is 1. The first-order valence-electron chi connectivity index (χ1n) is 9.41. The van der Waals surface area contributed by atoms with Crippen molar-refractivity contribution in [3.63, 3.8) is 0 Å². The number of hydrogen-bond acceptors (Lipinski definition) is 9. The molecule has 1 N–H and O–H groups in total. The standard InChI is InChI=1S/C21H10Cl2N4O4S3/c22-13-4-1-10(7-14(13)23)24-20-26-19(28)17(32-20)9-12-3-6-18(31-12)34-21-25-15-5-2-11(27(29)30)8-16(15)33-21/h1-9H,(H,24,26,28)/b17-9-. The minimum atomic E-state index is -0.434. The zero-order chi connectivity index (χ0) is 23.8. The number of amidine groups is 1. The van der Waals surface area contributed by atoms with Gasteiger partial charge < -0.3 is 9.73 Å². The Bertz CT molecular complexity index is 1530. The Labute approximate surface area is 214 Å². The topological polar surface area (TPSA) is 111 Å². The van der Waals surface area contributed by atoms with Gasteiger partial charge in [0.15, 0.2) is 14.6 Å². The first-order valence-corrected chi connectivity index (χ1v) is 12.6. The van der Waals surface area contributed by atoms with E-state index in [1.807, 2.05) is 0 Å². The van der Waals surface area contributed by atoms with E-state index in [1.165, 1.54) is 47.0 Å². The summed E-state index contributed by atoms with van der Waals surface area (Å²) in [5.74, 6) is 0.204. The van der Waals surface area contributed by atoms with E-state index in [0.717, 1.165) is 4.70 Å². The Morgan fingerprint density at radius 2 is 2.00 bits per heavy atom. The quantitative estimate of drug-likeness (QED) is 0.160. The normalized spacial score (nSPS) is 16.0. The molecule has 1 fully saturated rings. The monoisotopic (exact) mass is 548 g/mol. The summed E-state index contributed by atoms with van der Waals surface area (Å²) in [5, 5.41) is 15.5. The van der Waals surface area contributed by atoms with Crippen molar-refractivity contribution in [3.8, 4) is 0 Å². The Morgan fingerprint density at radius 1 is 1.15 bits per heavy atom. The van der Waals surface area contributed by atoms with Gasteiger partial charge in [-0.05, 0) is 59.9 Å². The molecule has 0 bridgehead atoms. The summed E-state index contributed by atoms with van der Waals surface area (Å²) in [5.41, 5.74) is 1.27. The molecular formula is C21H10Cl2N4O4S3. The Hall–Kier alpha value is -2.83. The molecule has 0 aliphatic carbocycles. The molecule has 1 aliphatic heterocycles. The number of hydrogen-bond donors (Lipinski definition) is 1. The van der Waals surface area contributed by atoms with Gasteiger partial charge in [0, 0.05) is 18.2 Å². The molecule has 8 nitrogen and oxygen atoms in total. The van der Waals surface area contributed by atoms with Gasteiger partial charge in [-0.25, -0.2) is 9.98 Å². The van der Waals surface area contributed by atoms with Gasteiger partial charge in [0.2, 0.25) is 0 Å². The van der Waals surface area contributed by atoms with Crippen LogP contribution in [0.5, 0.6) is 0 Å². The van der Waals surface area contributed by atoms with Crippen LogP contribution in [-0.2, 0) is 4.79 Å². The average Bonchev–Trinajstić information content (AvgIpc) is 3.49. The summed E-state index contributed by atoms with van der Waals surface area (Å²) in [6, 6.07) is 13.0. The number of aliphatic imine (C=N–C) groups is 1. The van der Waals surface area contributed by atoms with Crippen LogP contribution in [0.4, 0.5) is 11.4 Å². The van der Waals surface area contributed by atoms with E-state index in [0.29, 0.717) is 46.5 Å². The summed E-state index contributed by atoms with van der Waals surface area (Å²) in [6.45, 7) is 0. The summed E-state index contributed by atoms with van der Waals surface area (Å²) >= 11 is 15.8. The maximum atomic E-state index is 12.3. The van der Waals surface area contributed by atoms with Gasteiger partial charge in [0.25, 0.3) is 11.6 Å². The van der Waals surface area contributed by atoms with E-state index in [2.05, 4.69) is 15.3 Å². The van der Waals surface area contributed by atoms with Crippen molar-refractivity contribution in [2.24, 2.45) is 4.99 Å². The maximum Gasteiger partial charge on any atom is 0.270 e. The third-order valence-electron chi connectivity index (χ3n) is 4.41. The van der Waals surface area contributed by atoms with E-state index in [4.69, 9.17) is 27.6 Å². The number of non-ortho nitro benzene ring substituents is 1. The molecule has 0 radical (unpaired) electrons. The van der Waals surface area contributed by atoms with Gasteiger partial charge in [0.05, 0.1) is 35.8 Å². The highest BCUT2D eigenvalue weighted by Crippen LogP contribution is 2.37. The van der Waals surface area contributed by atoms with Gasteiger partial charge in [-0.1, -0.05) is 23.2 Å². The number of furan rings is 1. The van der Waals surface area contributed by atoms with Crippen LogP contribution in [0.25, 0.3) is 16.3 Å². The maximum absolute atomic E-state index is 12.3. The molecule has 0 atom stereocenters. The first kappa shape index (κ1) is 22.9. The number of nitrogens with zero attached hydrogens (tertiary/aromatic N) is 3. The molecule has 0 spiro atoms. The van der Waals surface area contributed by atoms with E-state index in [9.17, 15) is 14.9 Å². The van der Waals surface area contributed by atoms with Crippen molar-refractivity contribution >= 4 is 96.8 Å². The lowest BCUT2D eigenvalue weighted by atomic mass is 10.3. The van der Waals surface area contributed by atoms with E-state index >= 15 is 0 Å². The number of halogens is 2. The zero-order valence-corrected chi connectivity index (χ0v) is 20.6. The van der Waals surface area contributed by atoms with Crippen LogP contribution in [0, 0.1) is 10.1 Å². The minimum Gasteiger partial charge on any atom is -0.450 e. The third kappa shape index (κ3) is 4.98. The number of nitro benzene ring substituents is 1. The van der Waals surface area contributed by atoms with Crippen molar-refractivity contribution in [1.29, 1.82) is 0 Å². The van der Waals surface area contributed by atoms with Crippen LogP contribution >= 0.6 is 58.1 Å². The van der Waals surface area contributed by atoms with Gasteiger partial charge >= 0.3 is 0 Å². The molecule has 3 heterocycles. The number of aromatic nitrogens is 1. The van der Waals surface area contributed by atoms with Gasteiger partial charge in [-0.15, -0.1) is 11.3 Å². The molecule has 4 aromatic rings. The summed E-state index contributed by atoms with van der Waals surface area (Å²) in [7, 11) is 0. The van der Waals surface area contributed by atoms with E-state index in [1.54, 1.807) is 42.5 Å². The third-order valence-corrected chi connectivity index (χ3v) is 8.06. The molecular weight excluding hydrogens is 539 g/mol. The summed E-state index contributed by atoms with van der Waals surface area (Å²) in [4.78, 5) is 32.2. The SMILES string of the molecule is O=C1NC(=Nc2ccc(Cl)c(Cl)c2)S/C1=C\c1ccc(Sc2nc3ccc([N+](=O)[O-])cc3s2)o1. The van der Waals surface area contributed by atoms with Crippen molar-refractivity contribution in [1.82, 2.24) is 10.3 Å². The lowest BCUT2D eigenvalue weighted by molar-refractivity contribution is -0.384. The second-order valence-electron chi connectivity index (χ2n) is 6.73. The fourth-order valence-corrected chi connectivity index (χ4v) is 6.00. The second kappa shape index (κ2) is 9.43. The number of nitrogens with one attached hydrogen (secondary N) is 1. The molecule has 0 saturated carbocycles. The Morgan fingerprint density at radius 3 is 2.79 bits per heavy atom. The van der Waals surface area contributed by atoms with Crippen molar-refractivity contribution in [2.45, 2.75) is 9.43 Å². The van der Waals surface area contributed by atoms with Gasteiger partial charge in [-0.3, -0.25) is 14.9 Å². The predicted octanol–water partition coefficient (Wildman–Crippen LogP) is 7.15. The van der Waals surface area contributed by atoms with Crippen LogP contribution in [0.3, 0.4) is 0 Å². The largest absolute Gasteiger partial charge is 0.450 e. The molecule has 1 saturated heterocycles. The lowest BCUT2D eigenvalue weighted by Crippen LogP contribution is -2.19. The molecule has 1 aliphatic rings. The molecule has 2 aromatic carbocycles. The average molecular weight is 549 g/mol. The Kier molecular flexibility index (Phi) is 6.36. The number of benzene rings is 2. The van der Waals surface area contributed by atoms with Crippen LogP contribution < -0.4 is 5.32 Å². The minimum absolute atomic E-state index is 0.0222. The second-order valence-corrected chi connectivity index (χ2v) is 10.9. The van der Waals surface area contributed by atoms with E-state index < -0.39 is 4.92 Å². The number of amides is 1. The van der Waals surface area contributed by atoms with Gasteiger partial charge in [0.1, 0.15) is 5.76 Å². The molecule has 0 unspecified atom stereocenters. The summed E-state index contributed by atoms with van der Waals surface area (Å²) in [6.07, 6.45) is 1.63. The van der Waals surface area contributed by atoms with Crippen LogP contribution in [0.1, 0.15) is 5.76 Å². The fourth-order valence-electron chi connectivity index (χ4n) is 2.88. The zero-order valence-electron chi connectivity index (χ0n) is 16.7. The van der Waals surface area contributed by atoms with Crippen LogP contribution in [0.15, 0.2) is 72.3 Å². The first-order chi connectivity index (χ1) is 16.3. The Balaban J connectivity index is 1.30. The van der Waals surface area contributed by atoms with Crippen molar-refractivity contribution in [2.75, 3.05) is 0 Å². The van der Waals surface area contributed by atoms with Gasteiger partial charge in [-0.2, -0.15) is 0 Å². The molecule has 5 rings (SSSR count). The highest BCUT2D eigenvalue weighted by atomic mass is 35.5. The highest BCUT2D eigenvalue weighted by Gasteiger charge is 2.24. The molecule has 13 heteroatoms. The summed E-state index contributed by atoms with van der Waals surface area (Å²) < 4.78 is 7.23. The molecule has 2 aromatic heterocycles. The number of nitro groups is 1. The molecule has 170 valence electrons. The molecule has 34 heavy (non-hydrogen) atoms. The fraction of sp³-hybridized carbons (Fsp3) is 0. The number of thioether (sulfide) groups is 1. The van der Waals surface area contributed by atoms with Crippen molar-refractivity contribution in [3.05, 3.63) is 79.4 Å². The number of carbonyl (C=O) groups is 1. The van der Waals surface area contributed by atoms with Crippen molar-refractivity contribution < 1.29 is 14.1 Å². The van der Waals surface area contributed by atoms with Crippen LogP contribution in [0.2, 0.25) is 10.0 Å². The number of fused-ring (bicyclic) bond motifs is 1. The number of rotatable bonds is 5. The van der Waals surface area contributed by atoms with E-state index in [-0.39, 0.29) is 11.6 Å². The predicted molar refractivity (Wildman–Crippen MR) is 136 cm³/mol. The number of thiazole rings is 1. The molecule has 1 amide bonds. The smallest absolute Gasteiger partial charge is 0.270 e. The highest BCUT2D eigenvalue weighted by molar-refractivity contribution is 8.18. The lowest BCUT2D eigenvalue weighted by Gasteiger charge is -1.98.